The van der Waals surface area contributed by atoms with Crippen LogP contribution in [0.2, 0.25) is 10.0 Å². The van der Waals surface area contributed by atoms with Crippen LogP contribution in [0.5, 0.6) is 0 Å². The van der Waals surface area contributed by atoms with E-state index in [1.165, 1.54) is 0 Å². The molecule has 2 aromatic carbocycles. The second-order valence-corrected chi connectivity index (χ2v) is 6.38. The first-order valence-corrected chi connectivity index (χ1v) is 8.41. The van der Waals surface area contributed by atoms with Crippen LogP contribution in [0.4, 0.5) is 5.69 Å². The van der Waals surface area contributed by atoms with Gasteiger partial charge < -0.3 is 9.73 Å². The number of amides is 1. The molecule has 0 spiro atoms. The Morgan fingerprint density at radius 2 is 1.88 bits per heavy atom. The first kappa shape index (κ1) is 17.5. The van der Waals surface area contributed by atoms with Crippen molar-refractivity contribution in [1.29, 1.82) is 0 Å². The highest BCUT2D eigenvalue weighted by molar-refractivity contribution is 6.36. The number of carbonyl (C=O) groups excluding carboxylic acids is 1. The third-order valence-electron chi connectivity index (χ3n) is 3.54. The molecule has 1 heterocycles. The number of benzene rings is 2. The van der Waals surface area contributed by atoms with Gasteiger partial charge in [-0.05, 0) is 37.3 Å². The quantitative estimate of drug-likeness (QED) is 0.686. The standard InChI is InChI=1S/C18H15Cl2N3O2/c1-11-2-4-12(5-3-11)18-23-22-17(25-18)9-8-16(24)21-15-7-6-13(19)10-14(15)20/h2-7,10H,8-9H2,1H3,(H,21,24). The van der Waals surface area contributed by atoms with Crippen molar-refractivity contribution >= 4 is 34.8 Å². The molecule has 0 unspecified atom stereocenters. The summed E-state index contributed by atoms with van der Waals surface area (Å²) in [6.45, 7) is 2.01. The van der Waals surface area contributed by atoms with E-state index in [1.807, 2.05) is 31.2 Å². The van der Waals surface area contributed by atoms with Gasteiger partial charge in [-0.1, -0.05) is 40.9 Å². The summed E-state index contributed by atoms with van der Waals surface area (Å²) in [5, 5.41) is 11.6. The summed E-state index contributed by atoms with van der Waals surface area (Å²) in [5.74, 6) is 0.656. The topological polar surface area (TPSA) is 68.0 Å². The lowest BCUT2D eigenvalue weighted by Gasteiger charge is -2.06. The largest absolute Gasteiger partial charge is 0.421 e. The van der Waals surface area contributed by atoms with Gasteiger partial charge in [0.2, 0.25) is 17.7 Å². The molecular weight excluding hydrogens is 361 g/mol. The Bertz CT molecular complexity index is 892. The van der Waals surface area contributed by atoms with Gasteiger partial charge in [-0.3, -0.25) is 4.79 Å². The van der Waals surface area contributed by atoms with E-state index in [2.05, 4.69) is 15.5 Å². The van der Waals surface area contributed by atoms with E-state index in [-0.39, 0.29) is 12.3 Å². The molecule has 3 aromatic rings. The van der Waals surface area contributed by atoms with Crippen LogP contribution in [-0.2, 0) is 11.2 Å². The Kier molecular flexibility index (Phi) is 5.36. The normalized spacial score (nSPS) is 10.7. The summed E-state index contributed by atoms with van der Waals surface area (Å²) in [7, 11) is 0. The van der Waals surface area contributed by atoms with Gasteiger partial charge in [0.25, 0.3) is 0 Å². The Morgan fingerprint density at radius 1 is 1.12 bits per heavy atom. The lowest BCUT2D eigenvalue weighted by atomic mass is 10.1. The fraction of sp³-hybridized carbons (Fsp3) is 0.167. The van der Waals surface area contributed by atoms with Crippen LogP contribution in [0.15, 0.2) is 46.9 Å². The second-order valence-electron chi connectivity index (χ2n) is 5.54. The summed E-state index contributed by atoms with van der Waals surface area (Å²) in [5.41, 5.74) is 2.52. The van der Waals surface area contributed by atoms with E-state index < -0.39 is 0 Å². The SMILES string of the molecule is Cc1ccc(-c2nnc(CCC(=O)Nc3ccc(Cl)cc3Cl)o2)cc1. The highest BCUT2D eigenvalue weighted by Gasteiger charge is 2.11. The van der Waals surface area contributed by atoms with Crippen LogP contribution in [0.3, 0.4) is 0 Å². The predicted molar refractivity (Wildman–Crippen MR) is 97.9 cm³/mol. The lowest BCUT2D eigenvalue weighted by Crippen LogP contribution is -2.12. The molecule has 0 aliphatic rings. The summed E-state index contributed by atoms with van der Waals surface area (Å²) in [4.78, 5) is 12.0. The number of carbonyl (C=O) groups is 1. The highest BCUT2D eigenvalue weighted by Crippen LogP contribution is 2.25. The highest BCUT2D eigenvalue weighted by atomic mass is 35.5. The van der Waals surface area contributed by atoms with E-state index in [9.17, 15) is 4.79 Å². The number of hydrogen-bond acceptors (Lipinski definition) is 4. The monoisotopic (exact) mass is 375 g/mol. The van der Waals surface area contributed by atoms with Gasteiger partial charge in [-0.15, -0.1) is 10.2 Å². The number of hydrogen-bond donors (Lipinski definition) is 1. The molecule has 3 rings (SSSR count). The Morgan fingerprint density at radius 3 is 2.60 bits per heavy atom. The molecule has 0 aliphatic carbocycles. The van der Waals surface area contributed by atoms with Gasteiger partial charge in [0.05, 0.1) is 10.7 Å². The summed E-state index contributed by atoms with van der Waals surface area (Å²) in [6.07, 6.45) is 0.546. The minimum Gasteiger partial charge on any atom is -0.421 e. The molecule has 5 nitrogen and oxygen atoms in total. The summed E-state index contributed by atoms with van der Waals surface area (Å²) < 4.78 is 5.60. The van der Waals surface area contributed by atoms with Crippen LogP contribution in [0.1, 0.15) is 17.9 Å². The third kappa shape index (κ3) is 4.59. The molecule has 1 amide bonds. The van der Waals surface area contributed by atoms with Crippen molar-refractivity contribution in [1.82, 2.24) is 10.2 Å². The Hall–Kier alpha value is -2.37. The smallest absolute Gasteiger partial charge is 0.247 e. The molecule has 128 valence electrons. The molecular formula is C18H15Cl2N3O2. The maximum Gasteiger partial charge on any atom is 0.247 e. The van der Waals surface area contributed by atoms with Crippen molar-refractivity contribution in [3.05, 3.63) is 64.0 Å². The number of aryl methyl sites for hydroxylation is 2. The molecule has 0 radical (unpaired) electrons. The van der Waals surface area contributed by atoms with Crippen molar-refractivity contribution in [3.63, 3.8) is 0 Å². The first-order valence-electron chi connectivity index (χ1n) is 7.65. The van der Waals surface area contributed by atoms with E-state index in [0.717, 1.165) is 11.1 Å². The van der Waals surface area contributed by atoms with Gasteiger partial charge in [-0.25, -0.2) is 0 Å². The van der Waals surface area contributed by atoms with Crippen LogP contribution < -0.4 is 5.32 Å². The van der Waals surface area contributed by atoms with E-state index in [1.54, 1.807) is 18.2 Å². The molecule has 0 saturated heterocycles. The molecule has 0 saturated carbocycles. The van der Waals surface area contributed by atoms with Crippen molar-refractivity contribution in [2.75, 3.05) is 5.32 Å². The summed E-state index contributed by atoms with van der Waals surface area (Å²) >= 11 is 11.9. The minimum atomic E-state index is -0.195. The number of halogens is 2. The maximum absolute atomic E-state index is 12.0. The van der Waals surface area contributed by atoms with Gasteiger partial charge in [-0.2, -0.15) is 0 Å². The molecule has 7 heteroatoms. The van der Waals surface area contributed by atoms with Crippen LogP contribution in [0, 0.1) is 6.92 Å². The fourth-order valence-corrected chi connectivity index (χ4v) is 2.65. The number of nitrogens with zero attached hydrogens (tertiary/aromatic N) is 2. The zero-order chi connectivity index (χ0) is 17.8. The van der Waals surface area contributed by atoms with E-state index in [0.29, 0.717) is 33.9 Å². The molecule has 0 aliphatic heterocycles. The van der Waals surface area contributed by atoms with Gasteiger partial charge in [0, 0.05) is 23.4 Å². The molecule has 0 atom stereocenters. The fourth-order valence-electron chi connectivity index (χ4n) is 2.19. The zero-order valence-corrected chi connectivity index (χ0v) is 14.9. The van der Waals surface area contributed by atoms with Gasteiger partial charge in [0.1, 0.15) is 0 Å². The zero-order valence-electron chi connectivity index (χ0n) is 13.4. The van der Waals surface area contributed by atoms with Crippen LogP contribution in [0.25, 0.3) is 11.5 Å². The van der Waals surface area contributed by atoms with Crippen molar-refractivity contribution in [2.45, 2.75) is 19.8 Å². The van der Waals surface area contributed by atoms with Crippen molar-refractivity contribution < 1.29 is 9.21 Å². The molecule has 0 bridgehead atoms. The Balaban J connectivity index is 1.58. The molecule has 1 aromatic heterocycles. The molecule has 0 fully saturated rings. The van der Waals surface area contributed by atoms with Crippen LogP contribution in [-0.4, -0.2) is 16.1 Å². The van der Waals surface area contributed by atoms with Crippen molar-refractivity contribution in [2.24, 2.45) is 0 Å². The average Bonchev–Trinajstić information content (AvgIpc) is 3.05. The average molecular weight is 376 g/mol. The predicted octanol–water partition coefficient (Wildman–Crippen LogP) is 4.92. The summed E-state index contributed by atoms with van der Waals surface area (Å²) in [6, 6.07) is 12.7. The number of rotatable bonds is 5. The number of aromatic nitrogens is 2. The molecule has 1 N–H and O–H groups in total. The van der Waals surface area contributed by atoms with Crippen molar-refractivity contribution in [3.8, 4) is 11.5 Å². The maximum atomic E-state index is 12.0. The minimum absolute atomic E-state index is 0.195. The first-order chi connectivity index (χ1) is 12.0. The van der Waals surface area contributed by atoms with E-state index >= 15 is 0 Å². The van der Waals surface area contributed by atoms with E-state index in [4.69, 9.17) is 27.6 Å². The Labute approximate surface area is 155 Å². The number of anilines is 1. The second kappa shape index (κ2) is 7.68. The molecule has 25 heavy (non-hydrogen) atoms. The lowest BCUT2D eigenvalue weighted by molar-refractivity contribution is -0.116. The van der Waals surface area contributed by atoms with Gasteiger partial charge >= 0.3 is 0 Å². The third-order valence-corrected chi connectivity index (χ3v) is 4.08. The van der Waals surface area contributed by atoms with Crippen LogP contribution >= 0.6 is 23.2 Å². The van der Waals surface area contributed by atoms with Gasteiger partial charge in [0.15, 0.2) is 0 Å². The number of nitrogens with one attached hydrogen (secondary N) is 1.